The molecule has 0 aliphatic carbocycles. The molecule has 0 saturated carbocycles. The van der Waals surface area contributed by atoms with Crippen molar-refractivity contribution in [2.45, 2.75) is 39.8 Å². The van der Waals surface area contributed by atoms with Crippen molar-refractivity contribution in [1.82, 2.24) is 10.1 Å². The van der Waals surface area contributed by atoms with Gasteiger partial charge in [0.2, 0.25) is 0 Å². The van der Waals surface area contributed by atoms with Crippen LogP contribution in [0.15, 0.2) is 4.52 Å². The highest BCUT2D eigenvalue weighted by molar-refractivity contribution is 5.20. The highest BCUT2D eigenvalue weighted by Crippen LogP contribution is 2.21. The molecule has 0 amide bonds. The minimum Gasteiger partial charge on any atom is -0.392 e. The van der Waals surface area contributed by atoms with E-state index in [4.69, 9.17) is 4.52 Å². The van der Waals surface area contributed by atoms with Crippen LogP contribution in [0, 0.1) is 19.8 Å². The zero-order chi connectivity index (χ0) is 11.7. The topological polar surface area (TPSA) is 49.5 Å². The van der Waals surface area contributed by atoms with Gasteiger partial charge in [0.15, 0.2) is 0 Å². The van der Waals surface area contributed by atoms with Gasteiger partial charge in [-0.3, -0.25) is 4.90 Å². The monoisotopic (exact) mass is 224 g/mol. The minimum absolute atomic E-state index is 0.200. The SMILES string of the molecule is Cc1noc(C)c1CN1CCC(C)C(O)C1. The van der Waals surface area contributed by atoms with Gasteiger partial charge >= 0.3 is 0 Å². The predicted molar refractivity (Wildman–Crippen MR) is 61.0 cm³/mol. The molecule has 0 aromatic carbocycles. The lowest BCUT2D eigenvalue weighted by Crippen LogP contribution is -2.42. The Bertz CT molecular complexity index is 342. The maximum atomic E-state index is 9.83. The lowest BCUT2D eigenvalue weighted by Gasteiger charge is -2.34. The molecule has 2 atom stereocenters. The van der Waals surface area contributed by atoms with Gasteiger partial charge in [0.25, 0.3) is 0 Å². The van der Waals surface area contributed by atoms with E-state index in [1.807, 2.05) is 13.8 Å². The second-order valence-corrected chi connectivity index (χ2v) is 4.87. The predicted octanol–water partition coefficient (Wildman–Crippen LogP) is 1.49. The Morgan fingerprint density at radius 3 is 2.81 bits per heavy atom. The van der Waals surface area contributed by atoms with Crippen molar-refractivity contribution >= 4 is 0 Å². The van der Waals surface area contributed by atoms with E-state index in [9.17, 15) is 5.11 Å². The van der Waals surface area contributed by atoms with E-state index in [2.05, 4.69) is 17.0 Å². The Morgan fingerprint density at radius 2 is 2.25 bits per heavy atom. The minimum atomic E-state index is -0.200. The summed E-state index contributed by atoms with van der Waals surface area (Å²) in [6, 6.07) is 0. The number of nitrogens with zero attached hydrogens (tertiary/aromatic N) is 2. The van der Waals surface area contributed by atoms with E-state index in [1.165, 1.54) is 5.56 Å². The maximum Gasteiger partial charge on any atom is 0.138 e. The number of rotatable bonds is 2. The fraction of sp³-hybridized carbons (Fsp3) is 0.750. The number of aliphatic hydroxyl groups excluding tert-OH is 1. The normalized spacial score (nSPS) is 27.2. The van der Waals surface area contributed by atoms with Crippen molar-refractivity contribution < 1.29 is 9.63 Å². The van der Waals surface area contributed by atoms with E-state index in [-0.39, 0.29) is 6.10 Å². The molecule has 0 radical (unpaired) electrons. The summed E-state index contributed by atoms with van der Waals surface area (Å²) in [5.41, 5.74) is 2.13. The van der Waals surface area contributed by atoms with Crippen LogP contribution in [0.3, 0.4) is 0 Å². The fourth-order valence-electron chi connectivity index (χ4n) is 2.21. The molecule has 1 aromatic rings. The largest absolute Gasteiger partial charge is 0.392 e. The Labute approximate surface area is 96.2 Å². The Hall–Kier alpha value is -0.870. The van der Waals surface area contributed by atoms with Crippen LogP contribution < -0.4 is 0 Å². The second kappa shape index (κ2) is 4.55. The van der Waals surface area contributed by atoms with E-state index < -0.39 is 0 Å². The standard InChI is InChI=1S/C12H20N2O2/c1-8-4-5-14(7-12(8)15)6-11-9(2)13-16-10(11)3/h8,12,15H,4-7H2,1-3H3. The van der Waals surface area contributed by atoms with Gasteiger partial charge in [0.1, 0.15) is 5.76 Å². The van der Waals surface area contributed by atoms with Crippen LogP contribution in [-0.2, 0) is 6.54 Å². The highest BCUT2D eigenvalue weighted by atomic mass is 16.5. The molecule has 4 heteroatoms. The third-order valence-corrected chi connectivity index (χ3v) is 3.57. The van der Waals surface area contributed by atoms with Crippen LogP contribution in [0.5, 0.6) is 0 Å². The van der Waals surface area contributed by atoms with Crippen LogP contribution in [-0.4, -0.2) is 34.4 Å². The van der Waals surface area contributed by atoms with E-state index in [1.54, 1.807) is 0 Å². The highest BCUT2D eigenvalue weighted by Gasteiger charge is 2.25. The Kier molecular flexibility index (Phi) is 3.30. The molecule has 0 bridgehead atoms. The molecule has 2 rings (SSSR count). The van der Waals surface area contributed by atoms with Gasteiger partial charge in [-0.1, -0.05) is 12.1 Å². The first-order chi connectivity index (χ1) is 7.58. The average molecular weight is 224 g/mol. The molecule has 2 heterocycles. The summed E-state index contributed by atoms with van der Waals surface area (Å²) in [5, 5.41) is 13.8. The molecule has 1 fully saturated rings. The first-order valence-corrected chi connectivity index (χ1v) is 5.90. The molecule has 1 aliphatic heterocycles. The van der Waals surface area contributed by atoms with E-state index in [0.717, 1.165) is 37.5 Å². The van der Waals surface area contributed by atoms with Crippen molar-refractivity contribution in [3.63, 3.8) is 0 Å². The van der Waals surface area contributed by atoms with Gasteiger partial charge < -0.3 is 9.63 Å². The summed E-state index contributed by atoms with van der Waals surface area (Å²) in [6.45, 7) is 8.66. The number of β-amino-alcohol motifs (C(OH)–C–C–N with tert-alkyl or cyclic N) is 1. The van der Waals surface area contributed by atoms with Gasteiger partial charge in [-0.15, -0.1) is 0 Å². The zero-order valence-corrected chi connectivity index (χ0v) is 10.2. The quantitative estimate of drug-likeness (QED) is 0.827. The van der Waals surface area contributed by atoms with Crippen molar-refractivity contribution in [3.8, 4) is 0 Å². The first kappa shape index (κ1) is 11.6. The van der Waals surface area contributed by atoms with Crippen molar-refractivity contribution in [2.24, 2.45) is 5.92 Å². The number of likely N-dealkylation sites (tertiary alicyclic amines) is 1. The first-order valence-electron chi connectivity index (χ1n) is 5.90. The molecule has 90 valence electrons. The number of aromatic nitrogens is 1. The smallest absolute Gasteiger partial charge is 0.138 e. The molecule has 1 aliphatic rings. The summed E-state index contributed by atoms with van der Waals surface area (Å²) in [7, 11) is 0. The Balaban J connectivity index is 2.00. The molecular formula is C12H20N2O2. The molecular weight excluding hydrogens is 204 g/mol. The molecule has 16 heavy (non-hydrogen) atoms. The Morgan fingerprint density at radius 1 is 1.50 bits per heavy atom. The number of hydrogen-bond donors (Lipinski definition) is 1. The summed E-state index contributed by atoms with van der Waals surface area (Å²) in [6.07, 6.45) is 0.860. The molecule has 0 spiro atoms. The van der Waals surface area contributed by atoms with E-state index in [0.29, 0.717) is 5.92 Å². The second-order valence-electron chi connectivity index (χ2n) is 4.87. The van der Waals surface area contributed by atoms with Crippen molar-refractivity contribution in [3.05, 3.63) is 17.0 Å². The lowest BCUT2D eigenvalue weighted by atomic mass is 9.95. The fourth-order valence-corrected chi connectivity index (χ4v) is 2.21. The maximum absolute atomic E-state index is 9.83. The molecule has 1 N–H and O–H groups in total. The van der Waals surface area contributed by atoms with Gasteiger partial charge in [0.05, 0.1) is 11.8 Å². The third kappa shape index (κ3) is 2.28. The number of aryl methyl sites for hydroxylation is 2. The molecule has 1 saturated heterocycles. The summed E-state index contributed by atoms with van der Waals surface area (Å²) in [5.74, 6) is 1.31. The molecule has 4 nitrogen and oxygen atoms in total. The summed E-state index contributed by atoms with van der Waals surface area (Å²) >= 11 is 0. The van der Waals surface area contributed by atoms with Crippen LogP contribution in [0.4, 0.5) is 0 Å². The summed E-state index contributed by atoms with van der Waals surface area (Å²) < 4.78 is 5.15. The number of piperidine rings is 1. The third-order valence-electron chi connectivity index (χ3n) is 3.57. The average Bonchev–Trinajstić information content (AvgIpc) is 2.55. The molecule has 1 aromatic heterocycles. The number of hydrogen-bond acceptors (Lipinski definition) is 4. The summed E-state index contributed by atoms with van der Waals surface area (Å²) in [4.78, 5) is 2.28. The van der Waals surface area contributed by atoms with Crippen molar-refractivity contribution in [2.75, 3.05) is 13.1 Å². The number of aliphatic hydroxyl groups is 1. The van der Waals surface area contributed by atoms with Gasteiger partial charge in [-0.25, -0.2) is 0 Å². The van der Waals surface area contributed by atoms with Gasteiger partial charge in [0, 0.05) is 18.7 Å². The van der Waals surface area contributed by atoms with Gasteiger partial charge in [-0.05, 0) is 32.7 Å². The van der Waals surface area contributed by atoms with Crippen LogP contribution >= 0.6 is 0 Å². The molecule has 2 unspecified atom stereocenters. The van der Waals surface area contributed by atoms with Crippen LogP contribution in [0.1, 0.15) is 30.4 Å². The van der Waals surface area contributed by atoms with Crippen molar-refractivity contribution in [1.29, 1.82) is 0 Å². The van der Waals surface area contributed by atoms with Gasteiger partial charge in [-0.2, -0.15) is 0 Å². The van der Waals surface area contributed by atoms with Crippen LogP contribution in [0.25, 0.3) is 0 Å². The zero-order valence-electron chi connectivity index (χ0n) is 10.2. The van der Waals surface area contributed by atoms with Crippen LogP contribution in [0.2, 0.25) is 0 Å². The lowest BCUT2D eigenvalue weighted by molar-refractivity contribution is 0.0257. The van der Waals surface area contributed by atoms with E-state index >= 15 is 0 Å².